The molecule has 0 unspecified atom stereocenters. The van der Waals surface area contributed by atoms with Crippen molar-refractivity contribution in [3.63, 3.8) is 0 Å². The molecule has 0 saturated carbocycles. The SMILES string of the molecule is CNC1(C)CCN(C2CCN(c3ccccc3)CC2)CC1. The van der Waals surface area contributed by atoms with Gasteiger partial charge in [-0.25, -0.2) is 0 Å². The highest BCUT2D eigenvalue weighted by Gasteiger charge is 2.32. The van der Waals surface area contributed by atoms with Crippen molar-refractivity contribution < 1.29 is 0 Å². The largest absolute Gasteiger partial charge is 0.371 e. The molecule has 2 fully saturated rings. The van der Waals surface area contributed by atoms with E-state index in [-0.39, 0.29) is 0 Å². The molecule has 1 aromatic rings. The molecule has 0 spiro atoms. The Morgan fingerprint density at radius 3 is 2.19 bits per heavy atom. The van der Waals surface area contributed by atoms with Crippen molar-refractivity contribution in [3.05, 3.63) is 30.3 Å². The lowest BCUT2D eigenvalue weighted by atomic mass is 9.88. The van der Waals surface area contributed by atoms with Crippen LogP contribution in [0.1, 0.15) is 32.6 Å². The molecule has 0 atom stereocenters. The lowest BCUT2D eigenvalue weighted by molar-refractivity contribution is 0.0967. The minimum atomic E-state index is 0.362. The molecule has 0 aliphatic carbocycles. The van der Waals surface area contributed by atoms with E-state index in [2.05, 4.69) is 59.4 Å². The summed E-state index contributed by atoms with van der Waals surface area (Å²) in [6.07, 6.45) is 5.18. The van der Waals surface area contributed by atoms with Crippen LogP contribution in [0.5, 0.6) is 0 Å². The summed E-state index contributed by atoms with van der Waals surface area (Å²) in [5, 5.41) is 3.50. The first kappa shape index (κ1) is 14.9. The summed E-state index contributed by atoms with van der Waals surface area (Å²) in [5.74, 6) is 0. The van der Waals surface area contributed by atoms with E-state index in [4.69, 9.17) is 0 Å². The average molecular weight is 287 g/mol. The van der Waals surface area contributed by atoms with Gasteiger partial charge in [-0.3, -0.25) is 0 Å². The number of para-hydroxylation sites is 1. The van der Waals surface area contributed by atoms with Crippen molar-refractivity contribution >= 4 is 5.69 Å². The number of hydrogen-bond donors (Lipinski definition) is 1. The maximum absolute atomic E-state index is 3.50. The van der Waals surface area contributed by atoms with Crippen molar-refractivity contribution in [3.8, 4) is 0 Å². The Morgan fingerprint density at radius 1 is 1.00 bits per heavy atom. The van der Waals surface area contributed by atoms with E-state index >= 15 is 0 Å². The van der Waals surface area contributed by atoms with Gasteiger partial charge in [0.25, 0.3) is 0 Å². The molecule has 21 heavy (non-hydrogen) atoms. The van der Waals surface area contributed by atoms with Gasteiger partial charge in [0.05, 0.1) is 0 Å². The van der Waals surface area contributed by atoms with Crippen molar-refractivity contribution in [2.45, 2.75) is 44.2 Å². The molecular weight excluding hydrogens is 258 g/mol. The molecule has 2 saturated heterocycles. The van der Waals surface area contributed by atoms with Gasteiger partial charge in [-0.05, 0) is 51.8 Å². The standard InChI is InChI=1S/C18H29N3/c1-18(19-2)10-14-21(15-11-18)17-8-12-20(13-9-17)16-6-4-3-5-7-16/h3-7,17,19H,8-15H2,1-2H3. The fraction of sp³-hybridized carbons (Fsp3) is 0.667. The van der Waals surface area contributed by atoms with Gasteiger partial charge in [0, 0.05) is 43.4 Å². The summed E-state index contributed by atoms with van der Waals surface area (Å²) in [6, 6.07) is 11.7. The molecule has 3 nitrogen and oxygen atoms in total. The zero-order chi connectivity index (χ0) is 14.7. The second-order valence-corrected chi connectivity index (χ2v) is 6.90. The summed E-state index contributed by atoms with van der Waals surface area (Å²) in [5.41, 5.74) is 1.75. The molecular formula is C18H29N3. The maximum atomic E-state index is 3.50. The topological polar surface area (TPSA) is 18.5 Å². The number of benzene rings is 1. The number of likely N-dealkylation sites (tertiary alicyclic amines) is 1. The molecule has 2 heterocycles. The minimum Gasteiger partial charge on any atom is -0.371 e. The van der Waals surface area contributed by atoms with Crippen LogP contribution in [0.2, 0.25) is 0 Å². The van der Waals surface area contributed by atoms with Gasteiger partial charge in [-0.1, -0.05) is 18.2 Å². The highest BCUT2D eigenvalue weighted by Crippen LogP contribution is 2.27. The third-order valence-corrected chi connectivity index (χ3v) is 5.61. The lowest BCUT2D eigenvalue weighted by Gasteiger charge is -2.45. The third-order valence-electron chi connectivity index (χ3n) is 5.61. The molecule has 1 aromatic carbocycles. The van der Waals surface area contributed by atoms with Crippen LogP contribution in [-0.4, -0.2) is 49.7 Å². The summed E-state index contributed by atoms with van der Waals surface area (Å²) in [4.78, 5) is 5.28. The van der Waals surface area contributed by atoms with Gasteiger partial charge < -0.3 is 15.1 Å². The normalized spacial score (nSPS) is 24.2. The lowest BCUT2D eigenvalue weighted by Crippen LogP contribution is -2.54. The molecule has 1 N–H and O–H groups in total. The first-order chi connectivity index (χ1) is 10.2. The second-order valence-electron chi connectivity index (χ2n) is 6.90. The molecule has 0 aromatic heterocycles. The van der Waals surface area contributed by atoms with Crippen molar-refractivity contribution in [1.29, 1.82) is 0 Å². The van der Waals surface area contributed by atoms with Crippen LogP contribution in [-0.2, 0) is 0 Å². The van der Waals surface area contributed by atoms with E-state index in [1.165, 1.54) is 57.5 Å². The van der Waals surface area contributed by atoms with E-state index in [1.807, 2.05) is 0 Å². The van der Waals surface area contributed by atoms with Crippen LogP contribution < -0.4 is 10.2 Å². The first-order valence-corrected chi connectivity index (χ1v) is 8.43. The van der Waals surface area contributed by atoms with Crippen molar-refractivity contribution in [2.75, 3.05) is 38.1 Å². The average Bonchev–Trinajstić information content (AvgIpc) is 2.57. The maximum Gasteiger partial charge on any atom is 0.0366 e. The molecule has 2 aliphatic rings. The fourth-order valence-electron chi connectivity index (χ4n) is 3.76. The Labute approximate surface area is 129 Å². The predicted molar refractivity (Wildman–Crippen MR) is 89.9 cm³/mol. The number of hydrogen-bond acceptors (Lipinski definition) is 3. The van der Waals surface area contributed by atoms with E-state index < -0.39 is 0 Å². The monoisotopic (exact) mass is 287 g/mol. The number of piperidine rings is 2. The Balaban J connectivity index is 1.50. The molecule has 3 heteroatoms. The molecule has 116 valence electrons. The van der Waals surface area contributed by atoms with Gasteiger partial charge >= 0.3 is 0 Å². The van der Waals surface area contributed by atoms with Gasteiger partial charge in [-0.15, -0.1) is 0 Å². The summed E-state index contributed by atoms with van der Waals surface area (Å²) in [6.45, 7) is 7.28. The van der Waals surface area contributed by atoms with Crippen LogP contribution in [0, 0.1) is 0 Å². The highest BCUT2D eigenvalue weighted by molar-refractivity contribution is 5.46. The minimum absolute atomic E-state index is 0.362. The Hall–Kier alpha value is -1.06. The van der Waals surface area contributed by atoms with E-state index in [9.17, 15) is 0 Å². The van der Waals surface area contributed by atoms with Crippen LogP contribution in [0.25, 0.3) is 0 Å². The van der Waals surface area contributed by atoms with Gasteiger partial charge in [0.15, 0.2) is 0 Å². The third kappa shape index (κ3) is 3.41. The number of nitrogens with one attached hydrogen (secondary N) is 1. The number of nitrogens with zero attached hydrogens (tertiary/aromatic N) is 2. The smallest absolute Gasteiger partial charge is 0.0366 e. The Bertz CT molecular complexity index is 429. The van der Waals surface area contributed by atoms with Crippen molar-refractivity contribution in [1.82, 2.24) is 10.2 Å². The van der Waals surface area contributed by atoms with E-state index in [0.717, 1.165) is 6.04 Å². The molecule has 0 bridgehead atoms. The summed E-state index contributed by atoms with van der Waals surface area (Å²) < 4.78 is 0. The molecule has 2 aliphatic heterocycles. The zero-order valence-electron chi connectivity index (χ0n) is 13.5. The summed E-state index contributed by atoms with van der Waals surface area (Å²) in [7, 11) is 2.11. The van der Waals surface area contributed by atoms with E-state index in [1.54, 1.807) is 0 Å². The van der Waals surface area contributed by atoms with Crippen LogP contribution in [0.3, 0.4) is 0 Å². The van der Waals surface area contributed by atoms with Gasteiger partial charge in [0.1, 0.15) is 0 Å². The molecule has 3 rings (SSSR count). The second kappa shape index (κ2) is 6.37. The van der Waals surface area contributed by atoms with Crippen LogP contribution in [0.15, 0.2) is 30.3 Å². The van der Waals surface area contributed by atoms with Gasteiger partial charge in [0.2, 0.25) is 0 Å². The fourth-order valence-corrected chi connectivity index (χ4v) is 3.76. The van der Waals surface area contributed by atoms with Crippen molar-refractivity contribution in [2.24, 2.45) is 0 Å². The van der Waals surface area contributed by atoms with Crippen LogP contribution >= 0.6 is 0 Å². The molecule has 0 amide bonds. The summed E-state index contributed by atoms with van der Waals surface area (Å²) >= 11 is 0. The molecule has 0 radical (unpaired) electrons. The number of rotatable bonds is 3. The quantitative estimate of drug-likeness (QED) is 0.922. The van der Waals surface area contributed by atoms with E-state index in [0.29, 0.717) is 5.54 Å². The predicted octanol–water partition coefficient (Wildman–Crippen LogP) is 2.73. The van der Waals surface area contributed by atoms with Crippen LogP contribution in [0.4, 0.5) is 5.69 Å². The Kier molecular flexibility index (Phi) is 4.51. The first-order valence-electron chi connectivity index (χ1n) is 8.43. The Morgan fingerprint density at radius 2 is 1.62 bits per heavy atom. The highest BCUT2D eigenvalue weighted by atomic mass is 15.2. The van der Waals surface area contributed by atoms with Gasteiger partial charge in [-0.2, -0.15) is 0 Å². The zero-order valence-corrected chi connectivity index (χ0v) is 13.5. The number of anilines is 1.